The van der Waals surface area contributed by atoms with Gasteiger partial charge in [0.25, 0.3) is 0 Å². The van der Waals surface area contributed by atoms with Crippen molar-refractivity contribution in [1.29, 1.82) is 0 Å². The van der Waals surface area contributed by atoms with Crippen molar-refractivity contribution in [2.45, 2.75) is 26.4 Å². The van der Waals surface area contributed by atoms with Gasteiger partial charge in [-0.25, -0.2) is 4.79 Å². The van der Waals surface area contributed by atoms with Crippen molar-refractivity contribution in [2.75, 3.05) is 18.4 Å². The van der Waals surface area contributed by atoms with E-state index in [4.69, 9.17) is 17.0 Å². The third-order valence-electron chi connectivity index (χ3n) is 2.18. The summed E-state index contributed by atoms with van der Waals surface area (Å²) in [7, 11) is 0. The van der Waals surface area contributed by atoms with Crippen molar-refractivity contribution < 1.29 is 9.53 Å². The highest BCUT2D eigenvalue weighted by Crippen LogP contribution is 2.10. The lowest BCUT2D eigenvalue weighted by atomic mass is 10.2. The SMILES string of the molecule is CC(C)(C)OC(=O)NCCNC(=S)Nc1ccc(I)cc1. The normalized spacial score (nSPS) is 10.7. The van der Waals surface area contributed by atoms with E-state index < -0.39 is 11.7 Å². The first kappa shape index (κ1) is 18.0. The summed E-state index contributed by atoms with van der Waals surface area (Å²) >= 11 is 7.41. The summed E-state index contributed by atoms with van der Waals surface area (Å²) in [5.74, 6) is 0. The Bertz CT molecular complexity index is 486. The summed E-state index contributed by atoms with van der Waals surface area (Å²) < 4.78 is 6.29. The van der Waals surface area contributed by atoms with Crippen LogP contribution in [0.1, 0.15) is 20.8 Å². The van der Waals surface area contributed by atoms with Gasteiger partial charge in [-0.1, -0.05) is 0 Å². The standard InChI is InChI=1S/C14H20IN3O2S/c1-14(2,3)20-13(19)17-9-8-16-12(21)18-11-6-4-10(15)5-7-11/h4-7H,8-9H2,1-3H3,(H,17,19)(H2,16,18,21). The summed E-state index contributed by atoms with van der Waals surface area (Å²) in [5, 5.41) is 9.25. The largest absolute Gasteiger partial charge is 0.444 e. The number of nitrogens with one attached hydrogen (secondary N) is 3. The number of thiocarbonyl (C=S) groups is 1. The predicted octanol–water partition coefficient (Wildman–Crippen LogP) is 3.10. The quantitative estimate of drug-likeness (QED) is 0.396. The molecule has 5 nitrogen and oxygen atoms in total. The van der Waals surface area contributed by atoms with Crippen molar-refractivity contribution >= 4 is 51.7 Å². The molecule has 1 rings (SSSR count). The minimum Gasteiger partial charge on any atom is -0.444 e. The van der Waals surface area contributed by atoms with E-state index in [1.807, 2.05) is 45.0 Å². The minimum absolute atomic E-state index is 0.430. The number of benzene rings is 1. The van der Waals surface area contributed by atoms with Gasteiger partial charge in [0, 0.05) is 22.3 Å². The number of carbonyl (C=O) groups is 1. The van der Waals surface area contributed by atoms with Crippen LogP contribution in [0, 0.1) is 3.57 Å². The van der Waals surface area contributed by atoms with Crippen molar-refractivity contribution in [3.63, 3.8) is 0 Å². The Morgan fingerprint density at radius 1 is 1.19 bits per heavy atom. The van der Waals surface area contributed by atoms with Crippen LogP contribution < -0.4 is 16.0 Å². The zero-order valence-corrected chi connectivity index (χ0v) is 15.3. The molecule has 0 spiro atoms. The fourth-order valence-corrected chi connectivity index (χ4v) is 1.94. The van der Waals surface area contributed by atoms with Gasteiger partial charge in [0.05, 0.1) is 0 Å². The number of amides is 1. The van der Waals surface area contributed by atoms with Gasteiger partial charge in [-0.3, -0.25) is 0 Å². The van der Waals surface area contributed by atoms with Crippen molar-refractivity contribution in [2.24, 2.45) is 0 Å². The second kappa shape index (κ2) is 8.38. The minimum atomic E-state index is -0.487. The highest BCUT2D eigenvalue weighted by atomic mass is 127. The molecule has 7 heteroatoms. The van der Waals surface area contributed by atoms with Crippen LogP contribution in [0.3, 0.4) is 0 Å². The van der Waals surface area contributed by atoms with E-state index in [-0.39, 0.29) is 0 Å². The molecular weight excluding hydrogens is 401 g/mol. The maximum absolute atomic E-state index is 11.4. The molecule has 0 aliphatic rings. The lowest BCUT2D eigenvalue weighted by Crippen LogP contribution is -2.39. The summed E-state index contributed by atoms with van der Waals surface area (Å²) in [4.78, 5) is 11.4. The number of hydrogen-bond acceptors (Lipinski definition) is 3. The Morgan fingerprint density at radius 2 is 1.76 bits per heavy atom. The third kappa shape index (κ3) is 8.71. The summed E-state index contributed by atoms with van der Waals surface area (Å²) in [6.07, 6.45) is -0.430. The number of carbonyl (C=O) groups excluding carboxylic acids is 1. The lowest BCUT2D eigenvalue weighted by Gasteiger charge is -2.19. The van der Waals surface area contributed by atoms with E-state index in [1.54, 1.807) is 0 Å². The van der Waals surface area contributed by atoms with Crippen LogP contribution in [0.25, 0.3) is 0 Å². The maximum atomic E-state index is 11.4. The average Bonchev–Trinajstić information content (AvgIpc) is 2.35. The molecule has 1 aromatic rings. The first-order valence-electron chi connectivity index (χ1n) is 6.53. The molecular formula is C14H20IN3O2S. The molecule has 0 atom stereocenters. The predicted molar refractivity (Wildman–Crippen MR) is 97.6 cm³/mol. The van der Waals surface area contributed by atoms with Gasteiger partial charge in [0.1, 0.15) is 5.60 Å². The van der Waals surface area contributed by atoms with Gasteiger partial charge in [0.2, 0.25) is 0 Å². The Kier molecular flexibility index (Phi) is 7.16. The number of anilines is 1. The van der Waals surface area contributed by atoms with Gasteiger partial charge in [-0.2, -0.15) is 0 Å². The first-order valence-corrected chi connectivity index (χ1v) is 8.02. The van der Waals surface area contributed by atoms with Crippen LogP contribution in [0.2, 0.25) is 0 Å². The smallest absolute Gasteiger partial charge is 0.407 e. The van der Waals surface area contributed by atoms with E-state index in [9.17, 15) is 4.79 Å². The monoisotopic (exact) mass is 421 g/mol. The molecule has 0 bridgehead atoms. The second-order valence-electron chi connectivity index (χ2n) is 5.32. The fourth-order valence-electron chi connectivity index (χ4n) is 1.36. The van der Waals surface area contributed by atoms with Gasteiger partial charge < -0.3 is 20.7 Å². The molecule has 3 N–H and O–H groups in total. The highest BCUT2D eigenvalue weighted by Gasteiger charge is 2.15. The Morgan fingerprint density at radius 3 is 2.33 bits per heavy atom. The second-order valence-corrected chi connectivity index (χ2v) is 6.97. The number of rotatable bonds is 4. The number of hydrogen-bond donors (Lipinski definition) is 3. The van der Waals surface area contributed by atoms with Gasteiger partial charge in [-0.15, -0.1) is 0 Å². The van der Waals surface area contributed by atoms with Crippen LogP contribution in [0.4, 0.5) is 10.5 Å². The van der Waals surface area contributed by atoms with Crippen LogP contribution in [0.5, 0.6) is 0 Å². The van der Waals surface area contributed by atoms with E-state index >= 15 is 0 Å². The van der Waals surface area contributed by atoms with Crippen molar-refractivity contribution in [3.05, 3.63) is 27.8 Å². The van der Waals surface area contributed by atoms with E-state index in [0.29, 0.717) is 18.2 Å². The summed E-state index contributed by atoms with van der Waals surface area (Å²) in [6.45, 7) is 6.43. The molecule has 0 saturated heterocycles. The lowest BCUT2D eigenvalue weighted by molar-refractivity contribution is 0.0529. The highest BCUT2D eigenvalue weighted by molar-refractivity contribution is 14.1. The number of alkyl carbamates (subject to hydrolysis) is 1. The molecule has 21 heavy (non-hydrogen) atoms. The molecule has 1 amide bonds. The topological polar surface area (TPSA) is 62.4 Å². The molecule has 116 valence electrons. The fraction of sp³-hybridized carbons (Fsp3) is 0.429. The third-order valence-corrected chi connectivity index (χ3v) is 3.15. The van der Waals surface area contributed by atoms with Crippen LogP contribution in [-0.4, -0.2) is 29.9 Å². The van der Waals surface area contributed by atoms with Crippen LogP contribution >= 0.6 is 34.8 Å². The van der Waals surface area contributed by atoms with Gasteiger partial charge in [0.15, 0.2) is 5.11 Å². The molecule has 0 aliphatic heterocycles. The average molecular weight is 421 g/mol. The molecule has 0 fully saturated rings. The summed E-state index contributed by atoms with van der Waals surface area (Å²) in [6, 6.07) is 7.90. The van der Waals surface area contributed by atoms with Gasteiger partial charge >= 0.3 is 6.09 Å². The van der Waals surface area contributed by atoms with Crippen LogP contribution in [-0.2, 0) is 4.74 Å². The molecule has 0 radical (unpaired) electrons. The molecule has 0 aromatic heterocycles. The van der Waals surface area contributed by atoms with E-state index in [0.717, 1.165) is 5.69 Å². The Hall–Kier alpha value is -1.09. The molecule has 0 unspecified atom stereocenters. The molecule has 0 aliphatic carbocycles. The Balaban J connectivity index is 2.19. The molecule has 0 saturated carbocycles. The first-order chi connectivity index (χ1) is 9.76. The van der Waals surface area contributed by atoms with Gasteiger partial charge in [-0.05, 0) is 79.8 Å². The van der Waals surface area contributed by atoms with E-state index in [1.165, 1.54) is 3.57 Å². The van der Waals surface area contributed by atoms with E-state index in [2.05, 4.69) is 38.5 Å². The zero-order chi connectivity index (χ0) is 15.9. The summed E-state index contributed by atoms with van der Waals surface area (Å²) in [5.41, 5.74) is 0.437. The number of halogens is 1. The van der Waals surface area contributed by atoms with Crippen molar-refractivity contribution in [1.82, 2.24) is 10.6 Å². The molecule has 0 heterocycles. The van der Waals surface area contributed by atoms with Crippen LogP contribution in [0.15, 0.2) is 24.3 Å². The zero-order valence-electron chi connectivity index (χ0n) is 12.3. The Labute approximate surface area is 144 Å². The molecule has 1 aromatic carbocycles. The maximum Gasteiger partial charge on any atom is 0.407 e. The number of ether oxygens (including phenoxy) is 1. The van der Waals surface area contributed by atoms with Crippen molar-refractivity contribution in [3.8, 4) is 0 Å².